The van der Waals surface area contributed by atoms with Gasteiger partial charge in [-0.15, -0.1) is 0 Å². The number of benzene rings is 1. The van der Waals surface area contributed by atoms with Crippen LogP contribution in [0, 0.1) is 29.5 Å². The van der Waals surface area contributed by atoms with Crippen molar-refractivity contribution in [2.45, 2.75) is 45.4 Å². The van der Waals surface area contributed by atoms with Crippen LogP contribution in [0.2, 0.25) is 5.02 Å². The third-order valence-corrected chi connectivity index (χ3v) is 7.80. The summed E-state index contributed by atoms with van der Waals surface area (Å²) in [4.78, 5) is 22.9. The van der Waals surface area contributed by atoms with E-state index in [4.69, 9.17) is 21.4 Å². The Morgan fingerprint density at radius 3 is 2.64 bits per heavy atom. The lowest BCUT2D eigenvalue weighted by atomic mass is 9.63. The number of ether oxygens (including phenoxy) is 1. The number of carbonyl (C=O) groups excluding carboxylic acids is 1. The van der Waals surface area contributed by atoms with Gasteiger partial charge in [-0.25, -0.2) is 14.4 Å². The number of rotatable bonds is 11. The Balaban J connectivity index is 1.17. The lowest BCUT2D eigenvalue weighted by molar-refractivity contribution is -0.120. The van der Waals surface area contributed by atoms with E-state index in [0.29, 0.717) is 35.4 Å². The minimum Gasteiger partial charge on any atom is -0.493 e. The van der Waals surface area contributed by atoms with Crippen molar-refractivity contribution in [3.8, 4) is 5.75 Å². The highest BCUT2D eigenvalue weighted by atomic mass is 35.5. The lowest BCUT2D eigenvalue weighted by Crippen LogP contribution is -2.42. The van der Waals surface area contributed by atoms with Crippen LogP contribution in [0.3, 0.4) is 0 Å². The Hall–Kier alpha value is -2.45. The van der Waals surface area contributed by atoms with Gasteiger partial charge in [-0.2, -0.15) is 0 Å². The Labute approximate surface area is 217 Å². The highest BCUT2D eigenvalue weighted by molar-refractivity contribution is 6.30. The van der Waals surface area contributed by atoms with Gasteiger partial charge in [-0.1, -0.05) is 24.6 Å². The van der Waals surface area contributed by atoms with Crippen LogP contribution < -0.4 is 15.0 Å². The number of aliphatic hydroxyl groups is 1. The highest BCUT2D eigenvalue weighted by Crippen LogP contribution is 2.45. The Bertz CT molecular complexity index is 1000. The molecule has 0 spiro atoms. The number of aromatic nitrogens is 2. The Kier molecular flexibility index (Phi) is 9.37. The molecule has 1 aliphatic heterocycles. The summed E-state index contributed by atoms with van der Waals surface area (Å²) in [7, 11) is 0. The maximum absolute atomic E-state index is 14.5. The molecule has 1 amide bonds. The predicted molar refractivity (Wildman–Crippen MR) is 138 cm³/mol. The molecular formula is C27H36ClFN4O3. The number of piperidine rings is 1. The number of aliphatic hydroxyl groups excluding tert-OH is 1. The molecule has 4 rings (SSSR count). The topological polar surface area (TPSA) is 87.6 Å². The Morgan fingerprint density at radius 2 is 2.00 bits per heavy atom. The normalized spacial score (nSPS) is 21.1. The third kappa shape index (κ3) is 7.07. The molecule has 2 N–H and O–H groups in total. The highest BCUT2D eigenvalue weighted by Gasteiger charge is 2.38. The standard InChI is InChI=1S/C27H36ClFN4O3/c1-18(17-34)14-30-26(35)12-21-2-4-23(13-25(21)29)36-11-8-19-3-5-24(19)20-6-9-33(10-7-20)27-31-15-22(28)16-32-27/h2,4,13,15-16,18-20,24,34H,3,5-12,14,17H2,1H3,(H,30,35)/t18?,19-,24?/m0/s1. The smallest absolute Gasteiger partial charge is 0.225 e. The van der Waals surface area contributed by atoms with Crippen LogP contribution in [-0.2, 0) is 11.2 Å². The van der Waals surface area contributed by atoms with Gasteiger partial charge in [-0.05, 0) is 67.4 Å². The molecule has 3 atom stereocenters. The first-order chi connectivity index (χ1) is 17.4. The molecule has 9 heteroatoms. The minimum absolute atomic E-state index is 0.00128. The van der Waals surface area contributed by atoms with Crippen molar-refractivity contribution >= 4 is 23.5 Å². The summed E-state index contributed by atoms with van der Waals surface area (Å²) >= 11 is 5.90. The summed E-state index contributed by atoms with van der Waals surface area (Å²) in [5, 5.41) is 12.3. The van der Waals surface area contributed by atoms with Crippen molar-refractivity contribution in [2.24, 2.45) is 23.7 Å². The fourth-order valence-corrected chi connectivity index (χ4v) is 5.35. The molecular weight excluding hydrogens is 483 g/mol. The van der Waals surface area contributed by atoms with Gasteiger partial charge in [0.2, 0.25) is 11.9 Å². The van der Waals surface area contributed by atoms with Crippen LogP contribution in [0.4, 0.5) is 10.3 Å². The first kappa shape index (κ1) is 26.6. The first-order valence-corrected chi connectivity index (χ1v) is 13.3. The molecule has 2 aromatic rings. The molecule has 0 bridgehead atoms. The van der Waals surface area contributed by atoms with E-state index in [2.05, 4.69) is 20.2 Å². The summed E-state index contributed by atoms with van der Waals surface area (Å²) in [6.45, 7) is 4.71. The van der Waals surface area contributed by atoms with Gasteiger partial charge in [0.05, 0.1) is 30.4 Å². The number of nitrogens with one attached hydrogen (secondary N) is 1. The van der Waals surface area contributed by atoms with Gasteiger partial charge < -0.3 is 20.1 Å². The van der Waals surface area contributed by atoms with Crippen molar-refractivity contribution in [1.82, 2.24) is 15.3 Å². The van der Waals surface area contributed by atoms with Gasteiger partial charge >= 0.3 is 0 Å². The Morgan fingerprint density at radius 1 is 1.25 bits per heavy atom. The van der Waals surface area contributed by atoms with Crippen LogP contribution in [0.1, 0.15) is 44.6 Å². The molecule has 1 aromatic heterocycles. The van der Waals surface area contributed by atoms with E-state index in [1.54, 1.807) is 24.5 Å². The number of anilines is 1. The molecule has 7 nitrogen and oxygen atoms in total. The van der Waals surface area contributed by atoms with E-state index in [1.807, 2.05) is 6.92 Å². The molecule has 1 aliphatic carbocycles. The fraction of sp³-hybridized carbons (Fsp3) is 0.593. The number of halogens is 2. The predicted octanol–water partition coefficient (Wildman–Crippen LogP) is 4.27. The fourth-order valence-electron chi connectivity index (χ4n) is 5.25. The first-order valence-electron chi connectivity index (χ1n) is 12.9. The molecule has 2 heterocycles. The average Bonchev–Trinajstić information content (AvgIpc) is 2.87. The second kappa shape index (κ2) is 12.7. The average molecular weight is 519 g/mol. The number of hydrogen-bond acceptors (Lipinski definition) is 6. The number of carbonyl (C=O) groups is 1. The molecule has 1 saturated carbocycles. The van der Waals surface area contributed by atoms with Gasteiger partial charge in [-0.3, -0.25) is 4.79 Å². The molecule has 1 aromatic carbocycles. The van der Waals surface area contributed by atoms with E-state index < -0.39 is 5.82 Å². The summed E-state index contributed by atoms with van der Waals surface area (Å²) in [6.07, 6.45) is 9.03. The molecule has 0 radical (unpaired) electrons. The van der Waals surface area contributed by atoms with Crippen molar-refractivity contribution in [1.29, 1.82) is 0 Å². The van der Waals surface area contributed by atoms with Crippen LogP contribution >= 0.6 is 11.6 Å². The van der Waals surface area contributed by atoms with E-state index in [1.165, 1.54) is 18.9 Å². The molecule has 36 heavy (non-hydrogen) atoms. The molecule has 1 saturated heterocycles. The zero-order chi connectivity index (χ0) is 25.5. The minimum atomic E-state index is -0.434. The maximum Gasteiger partial charge on any atom is 0.225 e. The van der Waals surface area contributed by atoms with E-state index in [9.17, 15) is 9.18 Å². The van der Waals surface area contributed by atoms with E-state index in [0.717, 1.165) is 50.1 Å². The van der Waals surface area contributed by atoms with Gasteiger partial charge in [0, 0.05) is 32.3 Å². The number of nitrogens with zero attached hydrogens (tertiary/aromatic N) is 3. The zero-order valence-corrected chi connectivity index (χ0v) is 21.6. The molecule has 2 unspecified atom stereocenters. The quantitative estimate of drug-likeness (QED) is 0.462. The summed E-state index contributed by atoms with van der Waals surface area (Å²) in [5.74, 6) is 2.64. The van der Waals surface area contributed by atoms with Crippen LogP contribution in [0.5, 0.6) is 5.75 Å². The van der Waals surface area contributed by atoms with Gasteiger partial charge in [0.15, 0.2) is 0 Å². The van der Waals surface area contributed by atoms with Crippen molar-refractivity contribution in [2.75, 3.05) is 37.7 Å². The summed E-state index contributed by atoms with van der Waals surface area (Å²) < 4.78 is 20.4. The maximum atomic E-state index is 14.5. The number of amides is 1. The van der Waals surface area contributed by atoms with Crippen LogP contribution in [0.25, 0.3) is 0 Å². The zero-order valence-electron chi connectivity index (χ0n) is 20.8. The molecule has 2 aliphatic rings. The van der Waals surface area contributed by atoms with Gasteiger partial charge in [0.25, 0.3) is 0 Å². The molecule has 2 fully saturated rings. The van der Waals surface area contributed by atoms with E-state index in [-0.39, 0.29) is 24.9 Å². The van der Waals surface area contributed by atoms with Gasteiger partial charge in [0.1, 0.15) is 11.6 Å². The summed E-state index contributed by atoms with van der Waals surface area (Å²) in [6, 6.07) is 4.71. The second-order valence-corrected chi connectivity index (χ2v) is 10.6. The lowest BCUT2D eigenvalue weighted by Gasteiger charge is -2.45. The second-order valence-electron chi connectivity index (χ2n) is 10.2. The SMILES string of the molecule is CC(CO)CNC(=O)Cc1ccc(OCC[C@@H]2CCC2C2CCN(c3ncc(Cl)cn3)CC2)cc1F. The largest absolute Gasteiger partial charge is 0.493 e. The van der Waals surface area contributed by atoms with Crippen LogP contribution in [0.15, 0.2) is 30.6 Å². The number of hydrogen-bond donors (Lipinski definition) is 2. The molecule has 196 valence electrons. The third-order valence-electron chi connectivity index (χ3n) is 7.60. The van der Waals surface area contributed by atoms with Crippen molar-refractivity contribution in [3.05, 3.63) is 47.0 Å². The monoisotopic (exact) mass is 518 g/mol. The van der Waals surface area contributed by atoms with Crippen molar-refractivity contribution < 1.29 is 19.0 Å². The van der Waals surface area contributed by atoms with Crippen molar-refractivity contribution in [3.63, 3.8) is 0 Å². The van der Waals surface area contributed by atoms with E-state index >= 15 is 0 Å². The summed E-state index contributed by atoms with van der Waals surface area (Å²) in [5.41, 5.74) is 0.339. The van der Waals surface area contributed by atoms with Crippen LogP contribution in [-0.4, -0.2) is 53.8 Å².